The fourth-order valence-electron chi connectivity index (χ4n) is 5.79. The van der Waals surface area contributed by atoms with Gasteiger partial charge in [-0.15, -0.1) is 13.2 Å². The predicted molar refractivity (Wildman–Crippen MR) is 117 cm³/mol. The summed E-state index contributed by atoms with van der Waals surface area (Å²) in [6, 6.07) is -2.90. The van der Waals surface area contributed by atoms with Gasteiger partial charge in [0.25, 0.3) is 0 Å². The Balaban J connectivity index is 1.50. The number of alkyl halides is 6. The monoisotopic (exact) mass is 570 g/mol. The molecule has 4 rings (SSSR count). The lowest BCUT2D eigenvalue weighted by Crippen LogP contribution is -2.58. The number of hydrogen-bond donors (Lipinski definition) is 3. The van der Waals surface area contributed by atoms with Crippen molar-refractivity contribution in [3.63, 3.8) is 0 Å². The highest BCUT2D eigenvalue weighted by molar-refractivity contribution is 6.35. The first-order valence-corrected chi connectivity index (χ1v) is 12.6. The third-order valence-electron chi connectivity index (χ3n) is 8.03. The van der Waals surface area contributed by atoms with E-state index in [1.807, 2.05) is 0 Å². The van der Waals surface area contributed by atoms with E-state index in [9.17, 15) is 50.3 Å². The van der Waals surface area contributed by atoms with Crippen molar-refractivity contribution in [1.29, 1.82) is 0 Å². The van der Waals surface area contributed by atoms with E-state index in [-0.39, 0.29) is 44.7 Å². The molecule has 5 atom stereocenters. The van der Waals surface area contributed by atoms with E-state index in [4.69, 9.17) is 0 Å². The van der Waals surface area contributed by atoms with E-state index in [0.29, 0.717) is 19.3 Å². The molecule has 2 heterocycles. The van der Waals surface area contributed by atoms with Crippen LogP contribution in [0.3, 0.4) is 0 Å². The SMILES string of the molecule is O=C(NC1(C(F)(F)F)CC1)C(=O)N1C[C@@H]2CCC[C@@H]2[C@H]1C(=O)NC(CC1CCNC1=O)C(=O)COC(F)(F)F. The van der Waals surface area contributed by atoms with Crippen molar-refractivity contribution in [3.05, 3.63) is 0 Å². The Labute approximate surface area is 218 Å². The van der Waals surface area contributed by atoms with Gasteiger partial charge in [0.2, 0.25) is 11.8 Å². The van der Waals surface area contributed by atoms with E-state index in [2.05, 4.69) is 15.4 Å². The van der Waals surface area contributed by atoms with Gasteiger partial charge in [-0.1, -0.05) is 6.42 Å². The van der Waals surface area contributed by atoms with Crippen molar-refractivity contribution in [2.24, 2.45) is 17.8 Å². The topological polar surface area (TPSA) is 134 Å². The molecule has 4 amide bonds. The van der Waals surface area contributed by atoms with Crippen LogP contribution in [0, 0.1) is 17.8 Å². The number of fused-ring (bicyclic) bond motifs is 1. The summed E-state index contributed by atoms with van der Waals surface area (Å²) in [6.45, 7) is -1.22. The first kappa shape index (κ1) is 29.1. The lowest BCUT2D eigenvalue weighted by Gasteiger charge is -2.29. The van der Waals surface area contributed by atoms with Gasteiger partial charge in [0, 0.05) is 19.0 Å². The van der Waals surface area contributed by atoms with Crippen molar-refractivity contribution >= 4 is 29.4 Å². The van der Waals surface area contributed by atoms with Gasteiger partial charge in [-0.05, 0) is 50.4 Å². The number of likely N-dealkylation sites (tertiary alicyclic amines) is 1. The molecule has 2 aliphatic heterocycles. The summed E-state index contributed by atoms with van der Waals surface area (Å²) in [5, 5.41) is 6.61. The van der Waals surface area contributed by atoms with Gasteiger partial charge in [-0.3, -0.25) is 28.7 Å². The van der Waals surface area contributed by atoms with E-state index < -0.39 is 78.0 Å². The van der Waals surface area contributed by atoms with Crippen molar-refractivity contribution in [2.75, 3.05) is 19.7 Å². The molecule has 2 saturated heterocycles. The number of halogens is 6. The molecular weight excluding hydrogens is 542 g/mol. The van der Waals surface area contributed by atoms with Gasteiger partial charge >= 0.3 is 24.4 Å². The quantitative estimate of drug-likeness (QED) is 0.294. The Hall–Kier alpha value is -2.91. The summed E-state index contributed by atoms with van der Waals surface area (Å²) in [5.74, 6) is -6.84. The fourth-order valence-corrected chi connectivity index (χ4v) is 5.79. The van der Waals surface area contributed by atoms with Crippen LogP contribution in [0.1, 0.15) is 44.9 Å². The fraction of sp³-hybridized carbons (Fsp3) is 0.783. The molecule has 2 aliphatic carbocycles. The normalized spacial score (nSPS) is 28.5. The number of nitrogens with zero attached hydrogens (tertiary/aromatic N) is 1. The molecule has 39 heavy (non-hydrogen) atoms. The number of carbonyl (C=O) groups is 5. The van der Waals surface area contributed by atoms with Gasteiger partial charge in [-0.25, -0.2) is 0 Å². The van der Waals surface area contributed by atoms with Crippen LogP contribution < -0.4 is 16.0 Å². The Morgan fingerprint density at radius 1 is 1.08 bits per heavy atom. The van der Waals surface area contributed by atoms with E-state index in [1.54, 1.807) is 5.32 Å². The summed E-state index contributed by atoms with van der Waals surface area (Å²) < 4.78 is 81.1. The highest BCUT2D eigenvalue weighted by atomic mass is 19.4. The minimum Gasteiger partial charge on any atom is -0.356 e. The molecule has 0 spiro atoms. The van der Waals surface area contributed by atoms with Crippen molar-refractivity contribution in [3.8, 4) is 0 Å². The standard InChI is InChI=1S/C23H28F6N4O6/c24-22(25,26)21(5-6-21)32-19(37)20(38)33-9-12-2-1-3-13(12)16(33)18(36)31-14(8-11-4-7-30-17(11)35)15(34)10-39-23(27,28)29/h11-14,16H,1-10H2,(H,30,35)(H,31,36)(H,32,37)/t11?,12-,13-,14?,16-/m0/s1. The smallest absolute Gasteiger partial charge is 0.356 e. The number of nitrogens with one attached hydrogen (secondary N) is 3. The molecule has 0 radical (unpaired) electrons. The molecule has 10 nitrogen and oxygen atoms in total. The highest BCUT2D eigenvalue weighted by Gasteiger charge is 2.65. The van der Waals surface area contributed by atoms with Crippen LogP contribution in [0.5, 0.6) is 0 Å². The van der Waals surface area contributed by atoms with Crippen LogP contribution in [0.2, 0.25) is 0 Å². The predicted octanol–water partition coefficient (Wildman–Crippen LogP) is 0.941. The molecule has 4 aliphatic rings. The molecule has 2 saturated carbocycles. The van der Waals surface area contributed by atoms with Crippen LogP contribution >= 0.6 is 0 Å². The van der Waals surface area contributed by atoms with Gasteiger partial charge in [0.05, 0.1) is 6.04 Å². The van der Waals surface area contributed by atoms with Crippen LogP contribution in [0.4, 0.5) is 26.3 Å². The zero-order valence-electron chi connectivity index (χ0n) is 20.6. The molecular formula is C23H28F6N4O6. The molecule has 0 aromatic carbocycles. The second-order valence-electron chi connectivity index (χ2n) is 10.6. The highest BCUT2D eigenvalue weighted by Crippen LogP contribution is 2.49. The summed E-state index contributed by atoms with van der Waals surface area (Å²) >= 11 is 0. The zero-order chi connectivity index (χ0) is 28.8. The van der Waals surface area contributed by atoms with Crippen LogP contribution in [-0.4, -0.2) is 84.2 Å². The maximum absolute atomic E-state index is 13.4. The molecule has 0 aromatic rings. The van der Waals surface area contributed by atoms with Crippen LogP contribution in [-0.2, 0) is 28.7 Å². The Kier molecular flexibility index (Phi) is 7.89. The molecule has 2 unspecified atom stereocenters. The second-order valence-corrected chi connectivity index (χ2v) is 10.6. The van der Waals surface area contributed by atoms with Crippen LogP contribution in [0.25, 0.3) is 0 Å². The second kappa shape index (κ2) is 10.6. The number of ketones is 1. The average Bonchev–Trinajstić information content (AvgIpc) is 3.13. The molecule has 3 N–H and O–H groups in total. The maximum Gasteiger partial charge on any atom is 0.522 e. The van der Waals surface area contributed by atoms with Crippen molar-refractivity contribution in [2.45, 2.75) is 75.1 Å². The summed E-state index contributed by atoms with van der Waals surface area (Å²) in [5.41, 5.74) is -2.50. The van der Waals surface area contributed by atoms with E-state index in [0.717, 1.165) is 4.90 Å². The van der Waals surface area contributed by atoms with Gasteiger partial charge < -0.3 is 20.9 Å². The molecule has 4 fully saturated rings. The average molecular weight is 570 g/mol. The number of Topliss-reactive ketones (excluding diaryl/α,β-unsaturated/α-hetero) is 1. The number of ether oxygens (including phenoxy) is 1. The lowest BCUT2D eigenvalue weighted by molar-refractivity contribution is -0.321. The maximum atomic E-state index is 13.4. The third kappa shape index (κ3) is 6.30. The molecule has 16 heteroatoms. The Morgan fingerprint density at radius 3 is 2.33 bits per heavy atom. The van der Waals surface area contributed by atoms with Crippen LogP contribution in [0.15, 0.2) is 0 Å². The van der Waals surface area contributed by atoms with Crippen molar-refractivity contribution < 1.29 is 55.1 Å². The molecule has 218 valence electrons. The minimum absolute atomic E-state index is 0.0746. The van der Waals surface area contributed by atoms with E-state index in [1.165, 1.54) is 0 Å². The Morgan fingerprint density at radius 2 is 1.77 bits per heavy atom. The zero-order valence-corrected chi connectivity index (χ0v) is 20.6. The van der Waals surface area contributed by atoms with Gasteiger partial charge in [0.15, 0.2) is 5.78 Å². The summed E-state index contributed by atoms with van der Waals surface area (Å²) in [4.78, 5) is 64.5. The summed E-state index contributed by atoms with van der Waals surface area (Å²) in [7, 11) is 0. The molecule has 0 bridgehead atoms. The minimum atomic E-state index is -5.12. The number of hydrogen-bond acceptors (Lipinski definition) is 6. The number of rotatable bonds is 8. The third-order valence-corrected chi connectivity index (χ3v) is 8.03. The largest absolute Gasteiger partial charge is 0.522 e. The van der Waals surface area contributed by atoms with E-state index >= 15 is 0 Å². The van der Waals surface area contributed by atoms with Gasteiger partial charge in [-0.2, -0.15) is 13.2 Å². The Bertz CT molecular complexity index is 1030. The first-order valence-electron chi connectivity index (χ1n) is 12.6. The molecule has 0 aromatic heterocycles. The number of carbonyl (C=O) groups excluding carboxylic acids is 5. The summed E-state index contributed by atoms with van der Waals surface area (Å²) in [6.07, 6.45) is -8.96. The lowest BCUT2D eigenvalue weighted by atomic mass is 9.92. The first-order chi connectivity index (χ1) is 18.1. The number of amides is 4. The van der Waals surface area contributed by atoms with Crippen molar-refractivity contribution in [1.82, 2.24) is 20.9 Å². The van der Waals surface area contributed by atoms with Gasteiger partial charge in [0.1, 0.15) is 18.2 Å².